The van der Waals surface area contributed by atoms with Gasteiger partial charge in [0.15, 0.2) is 11.5 Å². The number of hydrogen-bond donors (Lipinski definition) is 1. The number of Topliss-reactive ketones (excluding diaryl/α,β-unsaturated/α-hetero) is 1. The van der Waals surface area contributed by atoms with E-state index in [0.29, 0.717) is 21.9 Å². The molecule has 6 heteroatoms. The maximum atomic E-state index is 12.3. The minimum atomic E-state index is -0.307. The zero-order valence-electron chi connectivity index (χ0n) is 10.4. The molecular weight excluding hydrogens is 335 g/mol. The van der Waals surface area contributed by atoms with Gasteiger partial charge < -0.3 is 9.84 Å². The van der Waals surface area contributed by atoms with Gasteiger partial charge in [-0.1, -0.05) is 40.9 Å². The van der Waals surface area contributed by atoms with Crippen molar-refractivity contribution >= 4 is 46.7 Å². The Morgan fingerprint density at radius 1 is 1.05 bits per heavy atom. The maximum absolute atomic E-state index is 12.3. The maximum Gasteiger partial charge on any atom is 0.232 e. The van der Waals surface area contributed by atoms with E-state index < -0.39 is 0 Å². The quantitative estimate of drug-likeness (QED) is 0.745. The third-order valence-corrected chi connectivity index (χ3v) is 3.76. The number of ketones is 1. The lowest BCUT2D eigenvalue weighted by molar-refractivity contribution is 0.101. The number of phenols is 1. The van der Waals surface area contributed by atoms with Gasteiger partial charge in [0.2, 0.25) is 5.78 Å². The van der Waals surface area contributed by atoms with Crippen LogP contribution in [0.15, 0.2) is 36.1 Å². The molecule has 0 bridgehead atoms. The van der Waals surface area contributed by atoms with Crippen molar-refractivity contribution in [1.29, 1.82) is 0 Å². The van der Waals surface area contributed by atoms with Crippen LogP contribution in [0.25, 0.3) is 6.08 Å². The van der Waals surface area contributed by atoms with Gasteiger partial charge in [-0.25, -0.2) is 0 Å². The van der Waals surface area contributed by atoms with Gasteiger partial charge in [-0.3, -0.25) is 4.79 Å². The number of rotatable bonds is 1. The summed E-state index contributed by atoms with van der Waals surface area (Å²) in [4.78, 5) is 12.3. The van der Waals surface area contributed by atoms with E-state index in [1.807, 2.05) is 0 Å². The summed E-state index contributed by atoms with van der Waals surface area (Å²) in [5.74, 6) is 0.0762. The minimum Gasteiger partial charge on any atom is -0.506 e. The van der Waals surface area contributed by atoms with Crippen LogP contribution in [0.2, 0.25) is 15.1 Å². The van der Waals surface area contributed by atoms with E-state index in [-0.39, 0.29) is 27.3 Å². The fourth-order valence-corrected chi connectivity index (χ4v) is 2.70. The zero-order valence-corrected chi connectivity index (χ0v) is 12.6. The first-order chi connectivity index (χ1) is 9.95. The first-order valence-corrected chi connectivity index (χ1v) is 7.01. The summed E-state index contributed by atoms with van der Waals surface area (Å²) in [5.41, 5.74) is 0.944. The highest BCUT2D eigenvalue weighted by atomic mass is 35.5. The molecule has 3 nitrogen and oxygen atoms in total. The summed E-state index contributed by atoms with van der Waals surface area (Å²) in [6, 6.07) is 7.59. The number of halogens is 3. The molecule has 0 fully saturated rings. The molecule has 0 radical (unpaired) electrons. The predicted molar refractivity (Wildman–Crippen MR) is 82.5 cm³/mol. The van der Waals surface area contributed by atoms with E-state index in [1.54, 1.807) is 6.07 Å². The molecule has 1 aliphatic rings. The second-order valence-electron chi connectivity index (χ2n) is 4.41. The van der Waals surface area contributed by atoms with Crippen molar-refractivity contribution in [1.82, 2.24) is 0 Å². The van der Waals surface area contributed by atoms with E-state index in [1.165, 1.54) is 30.3 Å². The highest BCUT2D eigenvalue weighted by Crippen LogP contribution is 2.40. The molecule has 0 saturated heterocycles. The number of carbonyl (C=O) groups excluding carboxylic acids is 1. The lowest BCUT2D eigenvalue weighted by Crippen LogP contribution is -1.98. The summed E-state index contributed by atoms with van der Waals surface area (Å²) in [6.45, 7) is 0. The van der Waals surface area contributed by atoms with Gasteiger partial charge in [-0.05, 0) is 35.9 Å². The molecule has 21 heavy (non-hydrogen) atoms. The highest BCUT2D eigenvalue weighted by molar-refractivity contribution is 6.37. The first kappa shape index (κ1) is 14.3. The van der Waals surface area contributed by atoms with Crippen LogP contribution in [-0.2, 0) is 0 Å². The van der Waals surface area contributed by atoms with Crippen molar-refractivity contribution in [3.63, 3.8) is 0 Å². The predicted octanol–water partition coefficient (Wildman–Crippen LogP) is 4.97. The lowest BCUT2D eigenvalue weighted by atomic mass is 10.1. The number of aromatic hydroxyl groups is 1. The Hall–Kier alpha value is -1.68. The summed E-state index contributed by atoms with van der Waals surface area (Å²) in [5, 5.41) is 10.2. The third-order valence-electron chi connectivity index (χ3n) is 2.96. The van der Waals surface area contributed by atoms with Crippen LogP contribution in [0.3, 0.4) is 0 Å². The Morgan fingerprint density at radius 2 is 1.81 bits per heavy atom. The summed E-state index contributed by atoms with van der Waals surface area (Å²) in [6.07, 6.45) is 1.53. The molecule has 1 aliphatic heterocycles. The number of benzene rings is 2. The Bertz CT molecular complexity index is 797. The van der Waals surface area contributed by atoms with Gasteiger partial charge >= 0.3 is 0 Å². The number of phenolic OH excluding ortho intramolecular Hbond substituents is 1. The largest absolute Gasteiger partial charge is 0.506 e. The second-order valence-corrected chi connectivity index (χ2v) is 5.67. The van der Waals surface area contributed by atoms with Crippen molar-refractivity contribution in [2.75, 3.05) is 0 Å². The fraction of sp³-hybridized carbons (Fsp3) is 0. The van der Waals surface area contributed by atoms with Crippen LogP contribution < -0.4 is 4.74 Å². The minimum absolute atomic E-state index is 0.0319. The number of fused-ring (bicyclic) bond motifs is 1. The van der Waals surface area contributed by atoms with Crippen LogP contribution in [0, 0.1) is 0 Å². The molecule has 0 atom stereocenters. The molecule has 2 aromatic carbocycles. The average Bonchev–Trinajstić information content (AvgIpc) is 2.72. The van der Waals surface area contributed by atoms with E-state index in [9.17, 15) is 9.90 Å². The van der Waals surface area contributed by atoms with Crippen LogP contribution in [0.5, 0.6) is 11.5 Å². The molecule has 1 N–H and O–H groups in total. The summed E-state index contributed by atoms with van der Waals surface area (Å²) in [7, 11) is 0. The van der Waals surface area contributed by atoms with Crippen molar-refractivity contribution < 1.29 is 14.6 Å². The molecule has 0 spiro atoms. The van der Waals surface area contributed by atoms with Gasteiger partial charge in [0, 0.05) is 5.02 Å². The summed E-state index contributed by atoms with van der Waals surface area (Å²) >= 11 is 17.7. The van der Waals surface area contributed by atoms with Gasteiger partial charge in [0.1, 0.15) is 5.75 Å². The number of ether oxygens (including phenoxy) is 1. The van der Waals surface area contributed by atoms with Gasteiger partial charge in [0.25, 0.3) is 0 Å². The van der Waals surface area contributed by atoms with Crippen LogP contribution in [0.1, 0.15) is 15.9 Å². The normalized spacial score (nSPS) is 15.2. The van der Waals surface area contributed by atoms with Gasteiger partial charge in [-0.15, -0.1) is 0 Å². The molecule has 3 rings (SSSR count). The van der Waals surface area contributed by atoms with E-state index in [2.05, 4.69) is 0 Å². The Morgan fingerprint density at radius 3 is 2.52 bits per heavy atom. The molecule has 0 saturated carbocycles. The SMILES string of the molecule is O=C1/C(=C/c2ccc(O)c(Cl)c2)Oc2c(Cl)cc(Cl)cc21. The van der Waals surface area contributed by atoms with Crippen molar-refractivity contribution in [2.24, 2.45) is 0 Å². The lowest BCUT2D eigenvalue weighted by Gasteiger charge is -2.02. The molecule has 106 valence electrons. The van der Waals surface area contributed by atoms with E-state index in [4.69, 9.17) is 39.5 Å². The van der Waals surface area contributed by atoms with E-state index >= 15 is 0 Å². The fourth-order valence-electron chi connectivity index (χ4n) is 1.98. The van der Waals surface area contributed by atoms with E-state index in [0.717, 1.165) is 0 Å². The number of carbonyl (C=O) groups is 1. The Balaban J connectivity index is 2.03. The van der Waals surface area contributed by atoms with Crippen molar-refractivity contribution in [3.8, 4) is 11.5 Å². The van der Waals surface area contributed by atoms with Crippen molar-refractivity contribution in [3.05, 3.63) is 62.3 Å². The van der Waals surface area contributed by atoms with Gasteiger partial charge in [-0.2, -0.15) is 0 Å². The molecule has 2 aromatic rings. The Labute approximate surface area is 135 Å². The third kappa shape index (κ3) is 2.60. The standard InChI is InChI=1S/C15H7Cl3O3/c16-8-5-9-14(20)13(21-15(9)11(18)6-8)4-7-1-2-12(19)10(17)3-7/h1-6,19H/b13-4-. The molecule has 0 aromatic heterocycles. The molecule has 0 aliphatic carbocycles. The molecule has 0 amide bonds. The second kappa shape index (κ2) is 5.26. The van der Waals surface area contributed by atoms with Gasteiger partial charge in [0.05, 0.1) is 15.6 Å². The average molecular weight is 342 g/mol. The number of hydrogen-bond acceptors (Lipinski definition) is 3. The first-order valence-electron chi connectivity index (χ1n) is 5.87. The van der Waals surface area contributed by atoms with Crippen LogP contribution in [0.4, 0.5) is 0 Å². The summed E-state index contributed by atoms with van der Waals surface area (Å²) < 4.78 is 5.49. The van der Waals surface area contributed by atoms with Crippen LogP contribution in [-0.4, -0.2) is 10.9 Å². The van der Waals surface area contributed by atoms with Crippen LogP contribution >= 0.6 is 34.8 Å². The zero-order chi connectivity index (χ0) is 15.1. The molecule has 0 unspecified atom stereocenters. The van der Waals surface area contributed by atoms with Crippen molar-refractivity contribution in [2.45, 2.75) is 0 Å². The molecular formula is C15H7Cl3O3. The molecule has 1 heterocycles. The highest BCUT2D eigenvalue weighted by Gasteiger charge is 2.30. The smallest absolute Gasteiger partial charge is 0.232 e. The number of allylic oxidation sites excluding steroid dienone is 1. The Kier molecular flexibility index (Phi) is 3.57. The monoisotopic (exact) mass is 340 g/mol. The topological polar surface area (TPSA) is 46.5 Å².